The van der Waals surface area contributed by atoms with Gasteiger partial charge in [0.25, 0.3) is 0 Å². The molecule has 6 heterocycles. The molecule has 0 spiro atoms. The number of hydrogen-bond donors (Lipinski definition) is 2. The smallest absolute Gasteiger partial charge is 0.221 e. The zero-order valence-corrected chi connectivity index (χ0v) is 48.6. The van der Waals surface area contributed by atoms with Crippen LogP contribution in [-0.4, -0.2) is 59.0 Å². The molecule has 0 radical (unpaired) electrons. The Morgan fingerprint density at radius 1 is 0.530 bits per heavy atom. The van der Waals surface area contributed by atoms with E-state index < -0.39 is 0 Å². The van der Waals surface area contributed by atoms with Crippen molar-refractivity contribution in [1.29, 1.82) is 0 Å². The van der Waals surface area contributed by atoms with Gasteiger partial charge in [0, 0.05) is 63.5 Å². The zero-order valence-electron chi connectivity index (χ0n) is 48.6. The maximum absolute atomic E-state index is 5.09. The minimum atomic E-state index is -0.0174. The summed E-state index contributed by atoms with van der Waals surface area (Å²) in [7, 11) is 0. The molecular formula is C54H106N10O2. The van der Waals surface area contributed by atoms with Gasteiger partial charge in [0.1, 0.15) is 18.4 Å². The van der Waals surface area contributed by atoms with E-state index in [1.165, 1.54) is 29.7 Å². The van der Waals surface area contributed by atoms with E-state index in [-0.39, 0.29) is 27.1 Å². The quantitative estimate of drug-likeness (QED) is 0.176. The Bertz CT molecular complexity index is 1500. The molecule has 0 aliphatic carbocycles. The SMILES string of the molecule is CC.CC.CC.CC.CC.CC.CC(C)(C)C1=CCN=C1.CC(C)(C)C1=NC=CC1.CC(C)(C)c1ccn[nH]1.CC(C)(C)c1ncco1.CC(C)(C)c1ncn[nH]1.CC(C)(C)c1nnco1. The van der Waals surface area contributed by atoms with E-state index in [0.29, 0.717) is 11.3 Å². The number of aromatic nitrogens is 8. The zero-order chi connectivity index (χ0) is 53.4. The second kappa shape index (κ2) is 39.7. The van der Waals surface area contributed by atoms with Crippen LogP contribution < -0.4 is 0 Å². The first-order chi connectivity index (χ1) is 30.6. The van der Waals surface area contributed by atoms with Crippen LogP contribution >= 0.6 is 0 Å². The van der Waals surface area contributed by atoms with Crippen molar-refractivity contribution in [2.24, 2.45) is 20.8 Å². The molecule has 0 saturated carbocycles. The third-order valence-corrected chi connectivity index (χ3v) is 7.54. The van der Waals surface area contributed by atoms with E-state index in [1.54, 1.807) is 18.7 Å². The van der Waals surface area contributed by atoms with Gasteiger partial charge in [0.05, 0.1) is 12.7 Å². The lowest BCUT2D eigenvalue weighted by Crippen LogP contribution is -2.17. The fraction of sp³-hybridized carbons (Fsp3) is 0.704. The van der Waals surface area contributed by atoms with Gasteiger partial charge in [-0.05, 0) is 17.1 Å². The third kappa shape index (κ3) is 37.7. The Kier molecular flexibility index (Phi) is 43.9. The van der Waals surface area contributed by atoms with Crippen LogP contribution in [0.5, 0.6) is 0 Å². The van der Waals surface area contributed by atoms with Gasteiger partial charge in [-0.25, -0.2) is 9.97 Å². The van der Waals surface area contributed by atoms with Crippen molar-refractivity contribution in [1.82, 2.24) is 40.6 Å². The molecule has 0 unspecified atom stereocenters. The third-order valence-electron chi connectivity index (χ3n) is 7.54. The molecule has 12 heteroatoms. The van der Waals surface area contributed by atoms with Crippen molar-refractivity contribution in [3.8, 4) is 0 Å². The van der Waals surface area contributed by atoms with Crippen molar-refractivity contribution < 1.29 is 8.83 Å². The van der Waals surface area contributed by atoms with Gasteiger partial charge in [0.2, 0.25) is 12.3 Å². The first-order valence-corrected chi connectivity index (χ1v) is 24.6. The van der Waals surface area contributed by atoms with Crippen LogP contribution in [0, 0.1) is 10.8 Å². The normalized spacial score (nSPS) is 12.0. The Hall–Kier alpha value is -4.48. The lowest BCUT2D eigenvalue weighted by atomic mass is 9.88. The van der Waals surface area contributed by atoms with Gasteiger partial charge in [-0.1, -0.05) is 220 Å². The van der Waals surface area contributed by atoms with Crippen LogP contribution in [0.4, 0.5) is 0 Å². The Morgan fingerprint density at radius 2 is 1.06 bits per heavy atom. The van der Waals surface area contributed by atoms with Gasteiger partial charge >= 0.3 is 0 Å². The van der Waals surface area contributed by atoms with Gasteiger partial charge in [-0.3, -0.25) is 20.2 Å². The number of nitrogens with zero attached hydrogens (tertiary/aromatic N) is 8. The summed E-state index contributed by atoms with van der Waals surface area (Å²) in [5.74, 6) is 2.41. The second-order valence-corrected chi connectivity index (χ2v) is 19.2. The van der Waals surface area contributed by atoms with Gasteiger partial charge in [-0.15, -0.1) is 10.2 Å². The van der Waals surface area contributed by atoms with E-state index >= 15 is 0 Å². The van der Waals surface area contributed by atoms with Crippen LogP contribution in [0.15, 0.2) is 80.2 Å². The predicted octanol–water partition coefficient (Wildman–Crippen LogP) is 16.7. The van der Waals surface area contributed by atoms with Gasteiger partial charge in [-0.2, -0.15) is 10.2 Å². The van der Waals surface area contributed by atoms with Crippen molar-refractivity contribution in [3.05, 3.63) is 84.7 Å². The number of hydrogen-bond acceptors (Lipinski definition) is 10. The molecule has 0 saturated heterocycles. The van der Waals surface area contributed by atoms with Crippen LogP contribution in [-0.2, 0) is 21.7 Å². The second-order valence-electron chi connectivity index (χ2n) is 19.2. The minimum absolute atomic E-state index is 0.0174. The maximum atomic E-state index is 5.09. The molecule has 0 bridgehead atoms. The number of oxazole rings is 1. The highest BCUT2D eigenvalue weighted by atomic mass is 16.4. The fourth-order valence-corrected chi connectivity index (χ4v) is 4.05. The molecule has 4 aromatic rings. The number of nitrogens with one attached hydrogen (secondary N) is 2. The van der Waals surface area contributed by atoms with Crippen LogP contribution in [0.2, 0.25) is 0 Å². The summed E-state index contributed by atoms with van der Waals surface area (Å²) in [6.07, 6.45) is 17.1. The Balaban J connectivity index is -0.000000156. The summed E-state index contributed by atoms with van der Waals surface area (Å²) in [5.41, 5.74) is 4.73. The van der Waals surface area contributed by atoms with E-state index in [1.807, 2.05) is 122 Å². The van der Waals surface area contributed by atoms with Gasteiger partial charge in [0.15, 0.2) is 5.89 Å². The van der Waals surface area contributed by atoms with Crippen LogP contribution in [0.3, 0.4) is 0 Å². The Morgan fingerprint density at radius 3 is 1.24 bits per heavy atom. The largest absolute Gasteiger partial charge is 0.448 e. The molecule has 0 amide bonds. The average molecular weight is 928 g/mol. The summed E-state index contributed by atoms with van der Waals surface area (Å²) < 4.78 is 10.1. The van der Waals surface area contributed by atoms with Crippen molar-refractivity contribution >= 4 is 11.9 Å². The number of aromatic amines is 2. The molecule has 2 aliphatic heterocycles. The van der Waals surface area contributed by atoms with Crippen LogP contribution in [0.25, 0.3) is 0 Å². The van der Waals surface area contributed by atoms with Crippen molar-refractivity contribution in [2.75, 3.05) is 6.54 Å². The molecular weight excluding hydrogens is 821 g/mol. The summed E-state index contributed by atoms with van der Waals surface area (Å²) in [4.78, 5) is 16.4. The Labute approximate surface area is 407 Å². The number of aliphatic imine (C=N–C) groups is 2. The molecule has 4 aromatic heterocycles. The molecule has 384 valence electrons. The van der Waals surface area contributed by atoms with Gasteiger partial charge < -0.3 is 8.83 Å². The summed E-state index contributed by atoms with van der Waals surface area (Å²) >= 11 is 0. The highest BCUT2D eigenvalue weighted by Crippen LogP contribution is 2.25. The number of allylic oxidation sites excluding steroid dienone is 2. The van der Waals surface area contributed by atoms with E-state index in [0.717, 1.165) is 24.7 Å². The molecule has 66 heavy (non-hydrogen) atoms. The molecule has 2 N–H and O–H groups in total. The first-order valence-electron chi connectivity index (χ1n) is 24.6. The summed E-state index contributed by atoms with van der Waals surface area (Å²) in [5, 5.41) is 20.7. The van der Waals surface area contributed by atoms with Crippen molar-refractivity contribution in [3.63, 3.8) is 0 Å². The fourth-order valence-electron chi connectivity index (χ4n) is 4.05. The summed E-state index contributed by atoms with van der Waals surface area (Å²) in [6.45, 7) is 63.1. The number of rotatable bonds is 0. The van der Waals surface area contributed by atoms with Crippen molar-refractivity contribution in [2.45, 2.75) is 236 Å². The average Bonchev–Trinajstić information content (AvgIpc) is 4.13. The molecule has 2 aliphatic rings. The van der Waals surface area contributed by atoms with E-state index in [2.05, 4.69) is 167 Å². The molecule has 0 fully saturated rings. The highest BCUT2D eigenvalue weighted by molar-refractivity contribution is 5.92. The lowest BCUT2D eigenvalue weighted by Gasteiger charge is -2.17. The lowest BCUT2D eigenvalue weighted by molar-refractivity contribution is 0.392. The predicted molar refractivity (Wildman–Crippen MR) is 290 cm³/mol. The maximum Gasteiger partial charge on any atom is 0.221 e. The summed E-state index contributed by atoms with van der Waals surface area (Å²) in [6, 6.07) is 2.00. The van der Waals surface area contributed by atoms with E-state index in [9.17, 15) is 0 Å². The first kappa shape index (κ1) is 73.1. The molecule has 0 atom stereocenters. The topological polar surface area (TPSA) is 160 Å². The standard InChI is InChI=1S/2C8H13N.C7H12N2.C7H11NO.C6H11N3.C6H10N2O.6C2H6/c1-8(2,3)7-4-5-9-6-7;1-8(2,3)7-5-4-6-9-7;1-7(2,3)6-4-5-8-9-6;1-7(2,3)6-8-4-5-9-6;1-6(2,3)5-7-4-8-9-5;1-6(2,3)5-8-7-4-9-5;6*1-2/h2*4,6H,5H2,1-3H3;4-5H,1-3H3,(H,8,9);4-5H,1-3H3;4H,1-3H3,(H,7,8,9);4H,1-3H3;6*1-2H3. The molecule has 12 nitrogen and oxygen atoms in total. The van der Waals surface area contributed by atoms with Crippen LogP contribution in [0.1, 0.15) is 237 Å². The molecule has 6 rings (SSSR count). The van der Waals surface area contributed by atoms with E-state index in [4.69, 9.17) is 8.83 Å². The monoisotopic (exact) mass is 927 g/mol. The molecule has 0 aromatic carbocycles. The highest BCUT2D eigenvalue weighted by Gasteiger charge is 2.20. The number of H-pyrrole nitrogens is 2. The minimum Gasteiger partial charge on any atom is -0.448 e.